The van der Waals surface area contributed by atoms with E-state index in [1.165, 1.54) is 13.2 Å². The van der Waals surface area contributed by atoms with Crippen molar-refractivity contribution >= 4 is 45.9 Å². The molecule has 1 aromatic heterocycles. The van der Waals surface area contributed by atoms with Crippen molar-refractivity contribution in [3.8, 4) is 11.5 Å². The smallest absolute Gasteiger partial charge is 0.377 e. The topological polar surface area (TPSA) is 85.7 Å². The molecule has 0 saturated heterocycles. The number of ketones is 1. The van der Waals surface area contributed by atoms with Gasteiger partial charge in [-0.2, -0.15) is 0 Å². The summed E-state index contributed by atoms with van der Waals surface area (Å²) in [6, 6.07) is 14.0. The van der Waals surface area contributed by atoms with Gasteiger partial charge in [-0.05, 0) is 42.8 Å². The number of methoxy groups -OCH3 is 1. The summed E-state index contributed by atoms with van der Waals surface area (Å²) in [5.74, 6) is -1.89. The number of fused-ring (bicyclic) bond motifs is 1. The number of ether oxygens (including phenoxy) is 2. The van der Waals surface area contributed by atoms with Crippen molar-refractivity contribution in [1.82, 2.24) is 4.98 Å². The third-order valence-electron chi connectivity index (χ3n) is 4.16. The highest BCUT2D eigenvalue weighted by atomic mass is 35.5. The number of hydrogen-bond acceptors (Lipinski definition) is 5. The lowest BCUT2D eigenvalue weighted by atomic mass is 10.0. The number of hydrogen-bond donors (Lipinski definition) is 1. The third-order valence-corrected chi connectivity index (χ3v) is 4.44. The van der Waals surface area contributed by atoms with Crippen molar-refractivity contribution in [3.63, 3.8) is 0 Å². The zero-order valence-corrected chi connectivity index (χ0v) is 16.6. The van der Waals surface area contributed by atoms with Gasteiger partial charge in [0.1, 0.15) is 0 Å². The molecule has 0 radical (unpaired) electrons. The van der Waals surface area contributed by atoms with E-state index in [2.05, 4.69) is 4.98 Å². The standard InChI is InChI=1S/C22H18ClNO5/c1-3-29-19-12-13(11-16(23)21(19)28-2)10-15(20(25)22(26)27)18-9-8-14-6-4-5-7-17(14)24-18/h4-12H,3H2,1-2H3,(H,26,27). The molecular formula is C22H18ClNO5. The lowest BCUT2D eigenvalue weighted by molar-refractivity contribution is -0.146. The maximum absolute atomic E-state index is 12.4. The number of halogens is 1. The second kappa shape index (κ2) is 8.75. The van der Waals surface area contributed by atoms with E-state index in [-0.39, 0.29) is 16.3 Å². The van der Waals surface area contributed by atoms with Crippen LogP contribution < -0.4 is 9.47 Å². The Kier molecular flexibility index (Phi) is 6.14. The van der Waals surface area contributed by atoms with E-state index in [0.29, 0.717) is 29.2 Å². The van der Waals surface area contributed by atoms with Gasteiger partial charge in [-0.1, -0.05) is 35.9 Å². The number of Topliss-reactive ketones (excluding diaryl/α,β-unsaturated/α-hetero) is 1. The summed E-state index contributed by atoms with van der Waals surface area (Å²) < 4.78 is 10.8. The Balaban J connectivity index is 2.17. The summed E-state index contributed by atoms with van der Waals surface area (Å²) >= 11 is 6.27. The quantitative estimate of drug-likeness (QED) is 0.455. The van der Waals surface area contributed by atoms with E-state index in [0.717, 1.165) is 5.39 Å². The molecule has 0 aliphatic rings. The first-order valence-electron chi connectivity index (χ1n) is 8.80. The summed E-state index contributed by atoms with van der Waals surface area (Å²) in [6.07, 6.45) is 1.43. The van der Waals surface area contributed by atoms with Gasteiger partial charge in [0.25, 0.3) is 5.78 Å². The number of pyridine rings is 1. The van der Waals surface area contributed by atoms with Gasteiger partial charge in [0.2, 0.25) is 0 Å². The molecule has 3 rings (SSSR count). The van der Waals surface area contributed by atoms with Crippen LogP contribution in [0.5, 0.6) is 11.5 Å². The van der Waals surface area contributed by atoms with Gasteiger partial charge in [-0.15, -0.1) is 0 Å². The average molecular weight is 412 g/mol. The number of para-hydroxylation sites is 1. The lowest BCUT2D eigenvalue weighted by Crippen LogP contribution is -2.15. The number of nitrogens with zero attached hydrogens (tertiary/aromatic N) is 1. The molecule has 0 spiro atoms. The van der Waals surface area contributed by atoms with Crippen molar-refractivity contribution in [2.45, 2.75) is 6.92 Å². The molecule has 0 amide bonds. The Morgan fingerprint density at radius 1 is 1.17 bits per heavy atom. The second-order valence-electron chi connectivity index (χ2n) is 6.05. The predicted octanol–water partition coefficient (Wildman–Crippen LogP) is 4.49. The highest BCUT2D eigenvalue weighted by molar-refractivity contribution is 6.52. The van der Waals surface area contributed by atoms with Crippen molar-refractivity contribution in [2.75, 3.05) is 13.7 Å². The van der Waals surface area contributed by atoms with E-state index >= 15 is 0 Å². The normalized spacial score (nSPS) is 11.3. The van der Waals surface area contributed by atoms with Crippen LogP contribution in [-0.2, 0) is 9.59 Å². The lowest BCUT2D eigenvalue weighted by Gasteiger charge is -2.12. The van der Waals surface area contributed by atoms with Crippen LogP contribution >= 0.6 is 11.6 Å². The van der Waals surface area contributed by atoms with Gasteiger partial charge in [0, 0.05) is 5.39 Å². The molecule has 0 aliphatic heterocycles. The molecule has 0 fully saturated rings. The first-order chi connectivity index (χ1) is 13.9. The Morgan fingerprint density at radius 2 is 1.93 bits per heavy atom. The minimum absolute atomic E-state index is 0.0630. The number of carbonyl (C=O) groups excluding carboxylic acids is 1. The number of benzene rings is 2. The van der Waals surface area contributed by atoms with Gasteiger partial charge in [0.05, 0.1) is 35.5 Å². The van der Waals surface area contributed by atoms with Crippen LogP contribution in [-0.4, -0.2) is 35.6 Å². The Labute approximate surface area is 172 Å². The number of rotatable bonds is 7. The minimum Gasteiger partial charge on any atom is -0.491 e. The minimum atomic E-state index is -1.57. The molecule has 3 aromatic rings. The fourth-order valence-corrected chi connectivity index (χ4v) is 3.18. The first-order valence-corrected chi connectivity index (χ1v) is 9.18. The van der Waals surface area contributed by atoms with E-state index in [4.69, 9.17) is 21.1 Å². The monoisotopic (exact) mass is 411 g/mol. The summed E-state index contributed by atoms with van der Waals surface area (Å²) in [4.78, 5) is 28.3. The van der Waals surface area contributed by atoms with E-state index in [9.17, 15) is 14.7 Å². The van der Waals surface area contributed by atoms with Crippen LogP contribution in [0.15, 0.2) is 48.5 Å². The highest BCUT2D eigenvalue weighted by Gasteiger charge is 2.22. The molecular weight excluding hydrogens is 394 g/mol. The highest BCUT2D eigenvalue weighted by Crippen LogP contribution is 2.37. The largest absolute Gasteiger partial charge is 0.491 e. The number of aromatic nitrogens is 1. The fraction of sp³-hybridized carbons (Fsp3) is 0.136. The second-order valence-corrected chi connectivity index (χ2v) is 6.46. The zero-order chi connectivity index (χ0) is 21.0. The number of aliphatic carboxylic acids is 1. The predicted molar refractivity (Wildman–Crippen MR) is 111 cm³/mol. The van der Waals surface area contributed by atoms with Gasteiger partial charge >= 0.3 is 5.97 Å². The molecule has 0 unspecified atom stereocenters. The molecule has 1 heterocycles. The summed E-state index contributed by atoms with van der Waals surface area (Å²) in [5.41, 5.74) is 1.32. The van der Waals surface area contributed by atoms with Crippen LogP contribution in [0.2, 0.25) is 5.02 Å². The Hall–Kier alpha value is -3.38. The van der Waals surface area contributed by atoms with Gasteiger partial charge in [-0.3, -0.25) is 4.79 Å². The van der Waals surface area contributed by atoms with Crippen molar-refractivity contribution in [2.24, 2.45) is 0 Å². The van der Waals surface area contributed by atoms with Gasteiger partial charge in [0.15, 0.2) is 11.5 Å². The van der Waals surface area contributed by atoms with E-state index in [1.54, 1.807) is 30.3 Å². The average Bonchev–Trinajstić information content (AvgIpc) is 2.71. The maximum Gasteiger partial charge on any atom is 0.377 e. The maximum atomic E-state index is 12.4. The molecule has 0 atom stereocenters. The summed E-state index contributed by atoms with van der Waals surface area (Å²) in [5, 5.41) is 10.4. The van der Waals surface area contributed by atoms with Crippen LogP contribution in [0.1, 0.15) is 18.2 Å². The number of carboxylic acid groups (broad SMARTS) is 1. The van der Waals surface area contributed by atoms with Crippen molar-refractivity contribution < 1.29 is 24.2 Å². The molecule has 7 heteroatoms. The summed E-state index contributed by atoms with van der Waals surface area (Å²) in [7, 11) is 1.47. The molecule has 0 aliphatic carbocycles. The first kappa shape index (κ1) is 20.4. The van der Waals surface area contributed by atoms with Crippen LogP contribution in [0.4, 0.5) is 0 Å². The fourth-order valence-electron chi connectivity index (χ4n) is 2.89. The molecule has 148 valence electrons. The van der Waals surface area contributed by atoms with Gasteiger partial charge in [-0.25, -0.2) is 9.78 Å². The van der Waals surface area contributed by atoms with Crippen LogP contribution in [0, 0.1) is 0 Å². The molecule has 1 N–H and O–H groups in total. The van der Waals surface area contributed by atoms with Crippen LogP contribution in [0.3, 0.4) is 0 Å². The Bertz CT molecular complexity index is 1120. The van der Waals surface area contributed by atoms with Crippen LogP contribution in [0.25, 0.3) is 22.6 Å². The van der Waals surface area contributed by atoms with E-state index < -0.39 is 11.8 Å². The van der Waals surface area contributed by atoms with E-state index in [1.807, 2.05) is 25.1 Å². The molecule has 2 aromatic carbocycles. The van der Waals surface area contributed by atoms with Crippen molar-refractivity contribution in [3.05, 3.63) is 64.8 Å². The number of carboxylic acids is 1. The molecule has 0 saturated carbocycles. The molecule has 29 heavy (non-hydrogen) atoms. The zero-order valence-electron chi connectivity index (χ0n) is 15.8. The van der Waals surface area contributed by atoms with Crippen molar-refractivity contribution in [1.29, 1.82) is 0 Å². The Morgan fingerprint density at radius 3 is 2.62 bits per heavy atom. The molecule has 0 bridgehead atoms. The summed E-state index contributed by atoms with van der Waals surface area (Å²) in [6.45, 7) is 2.20. The molecule has 6 nitrogen and oxygen atoms in total. The third kappa shape index (κ3) is 4.38. The number of carbonyl (C=O) groups is 2. The van der Waals surface area contributed by atoms with Gasteiger partial charge < -0.3 is 14.6 Å². The SMILES string of the molecule is CCOc1cc(C=C(C(=O)C(=O)O)c2ccc3ccccc3n2)cc(Cl)c1OC.